The summed E-state index contributed by atoms with van der Waals surface area (Å²) >= 11 is 0. The number of aromatic nitrogens is 2. The van der Waals surface area contributed by atoms with Gasteiger partial charge in [-0.3, -0.25) is 4.98 Å². The highest BCUT2D eigenvalue weighted by atomic mass is 16.3. The lowest BCUT2D eigenvalue weighted by atomic mass is 9.85. The van der Waals surface area contributed by atoms with E-state index in [2.05, 4.69) is 101 Å². The summed E-state index contributed by atoms with van der Waals surface area (Å²) in [5.41, 5.74) is 11.4. The number of hydrogen-bond donors (Lipinski definition) is 0. The summed E-state index contributed by atoms with van der Waals surface area (Å²) < 4.78 is 9.01. The summed E-state index contributed by atoms with van der Waals surface area (Å²) in [4.78, 5) is 4.99. The average Bonchev–Trinajstić information content (AvgIpc) is 3.27. The maximum atomic E-state index is 6.81. The fourth-order valence-electron chi connectivity index (χ4n) is 5.50. The first-order valence-electron chi connectivity index (χ1n) is 11.7. The van der Waals surface area contributed by atoms with Gasteiger partial charge in [0.05, 0.1) is 11.3 Å². The van der Waals surface area contributed by atoms with Gasteiger partial charge in [-0.25, -0.2) is 4.57 Å². The Morgan fingerprint density at radius 1 is 0.939 bits per heavy atom. The Morgan fingerprint density at radius 3 is 2.48 bits per heavy atom. The van der Waals surface area contributed by atoms with Gasteiger partial charge in [-0.2, -0.15) is 0 Å². The average molecular weight is 434 g/mol. The van der Waals surface area contributed by atoms with Gasteiger partial charge in [-0.05, 0) is 35.1 Å². The van der Waals surface area contributed by atoms with Crippen molar-refractivity contribution in [2.75, 3.05) is 0 Å². The second kappa shape index (κ2) is 6.77. The molecule has 1 aliphatic rings. The summed E-state index contributed by atoms with van der Waals surface area (Å²) in [6.45, 7) is 11.2. The summed E-state index contributed by atoms with van der Waals surface area (Å²) in [5.74, 6) is 0.464. The second-order valence-corrected chi connectivity index (χ2v) is 10.2. The number of pyridine rings is 2. The van der Waals surface area contributed by atoms with Gasteiger partial charge in [0.1, 0.15) is 18.2 Å². The highest BCUT2D eigenvalue weighted by Gasteiger charge is 2.39. The van der Waals surface area contributed by atoms with Gasteiger partial charge in [0.25, 0.3) is 0 Å². The van der Waals surface area contributed by atoms with E-state index >= 15 is 0 Å². The van der Waals surface area contributed by atoms with Crippen LogP contribution in [0.2, 0.25) is 0 Å². The molecule has 0 fully saturated rings. The molecule has 3 heteroatoms. The van der Waals surface area contributed by atoms with E-state index in [1.54, 1.807) is 0 Å². The first kappa shape index (κ1) is 20.2. The predicted octanol–water partition coefficient (Wildman–Crippen LogP) is 7.21. The number of aryl methyl sites for hydroxylation is 2. The van der Waals surface area contributed by atoms with Crippen LogP contribution in [0.5, 0.6) is 0 Å². The van der Waals surface area contributed by atoms with Gasteiger partial charge in [0, 0.05) is 40.1 Å². The third-order valence-electron chi connectivity index (χ3n) is 7.45. The highest BCUT2D eigenvalue weighted by Crippen LogP contribution is 2.51. The molecule has 0 bridgehead atoms. The largest absolute Gasteiger partial charge is 0.454 e. The molecule has 3 aromatic heterocycles. The Labute approximate surface area is 194 Å². The van der Waals surface area contributed by atoms with E-state index in [4.69, 9.17) is 9.40 Å². The van der Waals surface area contributed by atoms with Crippen molar-refractivity contribution >= 4 is 21.9 Å². The van der Waals surface area contributed by atoms with Crippen LogP contribution in [0.3, 0.4) is 0 Å². The Kier molecular flexibility index (Phi) is 4.14. The predicted molar refractivity (Wildman–Crippen MR) is 135 cm³/mol. The lowest BCUT2D eigenvalue weighted by molar-refractivity contribution is -0.660. The number of rotatable bonds is 2. The van der Waals surface area contributed by atoms with Gasteiger partial charge in [0.2, 0.25) is 5.69 Å². The van der Waals surface area contributed by atoms with Crippen LogP contribution in [-0.4, -0.2) is 4.98 Å². The molecule has 0 unspecified atom stereocenters. The number of hydrogen-bond acceptors (Lipinski definition) is 2. The van der Waals surface area contributed by atoms with Gasteiger partial charge in [-0.1, -0.05) is 64.1 Å². The first-order valence-corrected chi connectivity index (χ1v) is 11.7. The zero-order valence-electron chi connectivity index (χ0n) is 20.2. The smallest absolute Gasteiger partial charge is 0.216 e. The van der Waals surface area contributed by atoms with E-state index in [0.29, 0.717) is 5.92 Å². The SMILES string of the molecule is Cc1ccc2c(oc3c4c(ncc32)C(C)(C)c2ccccc2-4)c1-c1cc(C(C)C)cc[n+]1C. The molecule has 0 amide bonds. The van der Waals surface area contributed by atoms with E-state index < -0.39 is 0 Å². The summed E-state index contributed by atoms with van der Waals surface area (Å²) in [6, 6.07) is 17.6. The summed E-state index contributed by atoms with van der Waals surface area (Å²) in [7, 11) is 2.11. The van der Waals surface area contributed by atoms with Gasteiger partial charge >= 0.3 is 0 Å². The molecule has 6 rings (SSSR count). The second-order valence-electron chi connectivity index (χ2n) is 10.2. The number of nitrogens with zero attached hydrogens (tertiary/aromatic N) is 2. The van der Waals surface area contributed by atoms with Crippen molar-refractivity contribution in [1.29, 1.82) is 0 Å². The normalized spacial score (nSPS) is 14.3. The van der Waals surface area contributed by atoms with Crippen LogP contribution in [0, 0.1) is 6.92 Å². The van der Waals surface area contributed by atoms with Gasteiger partial charge < -0.3 is 4.42 Å². The fourth-order valence-corrected chi connectivity index (χ4v) is 5.50. The van der Waals surface area contributed by atoms with Crippen LogP contribution in [0.4, 0.5) is 0 Å². The van der Waals surface area contributed by atoms with Crippen LogP contribution in [0.1, 0.15) is 56.0 Å². The number of furan rings is 1. The van der Waals surface area contributed by atoms with Crippen molar-refractivity contribution in [3.8, 4) is 22.4 Å². The van der Waals surface area contributed by atoms with E-state index in [1.807, 2.05) is 6.20 Å². The van der Waals surface area contributed by atoms with E-state index in [9.17, 15) is 0 Å². The van der Waals surface area contributed by atoms with Crippen LogP contribution in [-0.2, 0) is 12.5 Å². The molecule has 164 valence electrons. The third kappa shape index (κ3) is 2.68. The van der Waals surface area contributed by atoms with E-state index in [-0.39, 0.29) is 5.41 Å². The Morgan fingerprint density at radius 2 is 1.70 bits per heavy atom. The minimum Gasteiger partial charge on any atom is -0.454 e. The molecule has 0 N–H and O–H groups in total. The maximum Gasteiger partial charge on any atom is 0.216 e. The maximum absolute atomic E-state index is 6.81. The standard InChI is InChI=1S/C30H29N2O/c1-17(2)19-13-14-32(6)24(15-19)25-18(3)11-12-20-22-16-31-29-26(28(22)33-27(20)25)21-9-7-8-10-23(21)30(29,4)5/h7-17H,1-6H3/q+1. The third-order valence-corrected chi connectivity index (χ3v) is 7.45. The van der Waals surface area contributed by atoms with Crippen molar-refractivity contribution in [3.05, 3.63) is 83.3 Å². The quantitative estimate of drug-likeness (QED) is 0.275. The van der Waals surface area contributed by atoms with Gasteiger partial charge in [-0.15, -0.1) is 0 Å². The minimum atomic E-state index is -0.143. The van der Waals surface area contributed by atoms with Crippen LogP contribution < -0.4 is 4.57 Å². The molecule has 3 heterocycles. The molecule has 0 saturated carbocycles. The molecule has 3 nitrogen and oxygen atoms in total. The van der Waals surface area contributed by atoms with Crippen molar-refractivity contribution in [2.24, 2.45) is 7.05 Å². The molecule has 0 atom stereocenters. The highest BCUT2D eigenvalue weighted by molar-refractivity contribution is 6.14. The number of fused-ring (bicyclic) bond motifs is 7. The zero-order valence-corrected chi connectivity index (χ0v) is 20.2. The molecular weight excluding hydrogens is 404 g/mol. The van der Waals surface area contributed by atoms with Gasteiger partial charge in [0.15, 0.2) is 6.20 Å². The lowest BCUT2D eigenvalue weighted by Crippen LogP contribution is -2.31. The molecule has 5 aromatic rings. The molecule has 1 aliphatic carbocycles. The first-order chi connectivity index (χ1) is 15.8. The summed E-state index contributed by atoms with van der Waals surface area (Å²) in [5, 5.41) is 2.21. The topological polar surface area (TPSA) is 29.9 Å². The van der Waals surface area contributed by atoms with E-state index in [1.165, 1.54) is 27.9 Å². The Balaban J connectivity index is 1.72. The molecule has 0 aliphatic heterocycles. The molecule has 0 saturated heterocycles. The minimum absolute atomic E-state index is 0.143. The lowest BCUT2D eigenvalue weighted by Gasteiger charge is -2.19. The summed E-state index contributed by atoms with van der Waals surface area (Å²) in [6.07, 6.45) is 4.17. The molecule has 33 heavy (non-hydrogen) atoms. The van der Waals surface area contributed by atoms with E-state index in [0.717, 1.165) is 38.8 Å². The van der Waals surface area contributed by atoms with Crippen LogP contribution >= 0.6 is 0 Å². The van der Waals surface area contributed by atoms with Crippen molar-refractivity contribution < 1.29 is 8.98 Å². The fraction of sp³-hybridized carbons (Fsp3) is 0.267. The van der Waals surface area contributed by atoms with Crippen molar-refractivity contribution in [2.45, 2.75) is 46.0 Å². The van der Waals surface area contributed by atoms with Crippen LogP contribution in [0.15, 0.2) is 65.3 Å². The zero-order chi connectivity index (χ0) is 23.1. The molecule has 0 radical (unpaired) electrons. The van der Waals surface area contributed by atoms with Crippen LogP contribution in [0.25, 0.3) is 44.3 Å². The molecule has 0 spiro atoms. The number of benzene rings is 2. The molecular formula is C30H29N2O+. The Bertz CT molecular complexity index is 1590. The van der Waals surface area contributed by atoms with Crippen molar-refractivity contribution in [1.82, 2.24) is 4.98 Å². The monoisotopic (exact) mass is 433 g/mol. The van der Waals surface area contributed by atoms with Crippen molar-refractivity contribution in [3.63, 3.8) is 0 Å². The Hall–Kier alpha value is -3.46. The molecule has 2 aromatic carbocycles.